The van der Waals surface area contributed by atoms with Crippen molar-refractivity contribution in [2.24, 2.45) is 5.73 Å². The van der Waals surface area contributed by atoms with Crippen molar-refractivity contribution in [2.75, 3.05) is 0 Å². The van der Waals surface area contributed by atoms with E-state index in [1.165, 1.54) is 0 Å². The zero-order valence-electron chi connectivity index (χ0n) is 22.4. The van der Waals surface area contributed by atoms with Gasteiger partial charge in [0.1, 0.15) is 17.7 Å². The average molecular weight is 501 g/mol. The molecular formula is C27H40N4O5. The minimum Gasteiger partial charge on any atom is -0.444 e. The molecule has 0 radical (unpaired) electrons. The zero-order valence-corrected chi connectivity index (χ0v) is 22.4. The van der Waals surface area contributed by atoms with Gasteiger partial charge >= 0.3 is 6.09 Å². The minimum absolute atomic E-state index is 0.112. The van der Waals surface area contributed by atoms with Crippen molar-refractivity contribution in [3.8, 4) is 12.5 Å². The van der Waals surface area contributed by atoms with Crippen LogP contribution in [0.4, 0.5) is 4.79 Å². The molecule has 0 saturated carbocycles. The second kappa shape index (κ2) is 13.5. The van der Waals surface area contributed by atoms with Crippen LogP contribution in [0, 0.1) is 26.3 Å². The highest BCUT2D eigenvalue weighted by Crippen LogP contribution is 2.25. The minimum atomic E-state index is -1.24. The summed E-state index contributed by atoms with van der Waals surface area (Å²) < 4.78 is 5.27. The first-order chi connectivity index (χ1) is 16.7. The molecule has 3 atom stereocenters. The number of nitrogens with zero attached hydrogens (tertiary/aromatic N) is 1. The SMILES string of the molecule is C#CN(C(=O)C(CCC(N)=O)NC(=O)OC(C)(C)C)C(C(=O)NC(C)CCC)c1cc(C)cc(C)c1. The third kappa shape index (κ3) is 9.98. The van der Waals surface area contributed by atoms with Gasteiger partial charge in [0.2, 0.25) is 11.8 Å². The maximum absolute atomic E-state index is 13.7. The summed E-state index contributed by atoms with van der Waals surface area (Å²) >= 11 is 0. The van der Waals surface area contributed by atoms with Crippen LogP contribution in [-0.2, 0) is 19.1 Å². The summed E-state index contributed by atoms with van der Waals surface area (Å²) in [6.45, 7) is 12.7. The number of benzene rings is 1. The molecule has 0 aromatic heterocycles. The van der Waals surface area contributed by atoms with E-state index in [-0.39, 0.29) is 18.9 Å². The maximum atomic E-state index is 13.7. The fourth-order valence-electron chi connectivity index (χ4n) is 3.84. The van der Waals surface area contributed by atoms with E-state index in [4.69, 9.17) is 16.9 Å². The van der Waals surface area contributed by atoms with E-state index in [0.29, 0.717) is 5.56 Å². The second-order valence-corrected chi connectivity index (χ2v) is 10.1. The lowest BCUT2D eigenvalue weighted by Crippen LogP contribution is -2.52. The number of terminal acetylenes is 1. The van der Waals surface area contributed by atoms with Gasteiger partial charge in [-0.05, 0) is 59.9 Å². The predicted octanol–water partition coefficient (Wildman–Crippen LogP) is 3.23. The molecular weight excluding hydrogens is 460 g/mol. The second-order valence-electron chi connectivity index (χ2n) is 10.1. The molecule has 1 rings (SSSR count). The maximum Gasteiger partial charge on any atom is 0.408 e. The van der Waals surface area contributed by atoms with Gasteiger partial charge < -0.3 is 21.1 Å². The number of nitrogens with two attached hydrogens (primary N) is 1. The molecule has 0 fully saturated rings. The molecule has 1 aromatic carbocycles. The van der Waals surface area contributed by atoms with E-state index >= 15 is 0 Å². The van der Waals surface area contributed by atoms with Gasteiger partial charge in [0.25, 0.3) is 5.91 Å². The zero-order chi connectivity index (χ0) is 27.6. The van der Waals surface area contributed by atoms with Crippen molar-refractivity contribution in [1.82, 2.24) is 15.5 Å². The predicted molar refractivity (Wildman–Crippen MR) is 138 cm³/mol. The Bertz CT molecular complexity index is 973. The number of primary amides is 1. The van der Waals surface area contributed by atoms with Crippen molar-refractivity contribution >= 4 is 23.8 Å². The quantitative estimate of drug-likeness (QED) is 0.317. The number of carbonyl (C=O) groups excluding carboxylic acids is 4. The Morgan fingerprint density at radius 3 is 2.14 bits per heavy atom. The van der Waals surface area contributed by atoms with E-state index in [1.54, 1.807) is 32.9 Å². The van der Waals surface area contributed by atoms with Crippen molar-refractivity contribution < 1.29 is 23.9 Å². The van der Waals surface area contributed by atoms with Crippen LogP contribution in [-0.4, -0.2) is 46.4 Å². The molecule has 9 nitrogen and oxygen atoms in total. The number of rotatable bonds is 11. The Kier molecular flexibility index (Phi) is 11.5. The molecule has 0 heterocycles. The average Bonchev–Trinajstić information content (AvgIpc) is 2.72. The molecule has 9 heteroatoms. The first-order valence-corrected chi connectivity index (χ1v) is 12.1. The van der Waals surface area contributed by atoms with Gasteiger partial charge in [0.05, 0.1) is 0 Å². The Balaban J connectivity index is 3.45. The number of amides is 4. The van der Waals surface area contributed by atoms with E-state index in [0.717, 1.165) is 28.9 Å². The monoisotopic (exact) mass is 500 g/mol. The van der Waals surface area contributed by atoms with Gasteiger partial charge in [0.15, 0.2) is 0 Å². The summed E-state index contributed by atoms with van der Waals surface area (Å²) in [5, 5.41) is 5.42. The van der Waals surface area contributed by atoms with Crippen LogP contribution < -0.4 is 16.4 Å². The van der Waals surface area contributed by atoms with Gasteiger partial charge in [-0.25, -0.2) is 4.79 Å². The summed E-state index contributed by atoms with van der Waals surface area (Å²) in [4.78, 5) is 52.0. The van der Waals surface area contributed by atoms with Crippen LogP contribution in [0.5, 0.6) is 0 Å². The van der Waals surface area contributed by atoms with Crippen molar-refractivity contribution in [2.45, 2.75) is 97.9 Å². The lowest BCUT2D eigenvalue weighted by molar-refractivity contribution is -0.139. The van der Waals surface area contributed by atoms with Crippen LogP contribution >= 0.6 is 0 Å². The molecule has 0 saturated heterocycles. The third-order valence-electron chi connectivity index (χ3n) is 5.22. The number of nitrogens with one attached hydrogen (secondary N) is 2. The molecule has 0 aliphatic heterocycles. The Morgan fingerprint density at radius 2 is 1.67 bits per heavy atom. The standard InChI is InChI=1S/C27H40N4O5/c1-9-11-19(5)29-24(33)23(20-15-17(3)14-18(4)16-20)31(10-2)25(34)21(12-13-22(28)32)30-26(35)36-27(6,7)8/h2,14-16,19,21,23H,9,11-13H2,1,3-8H3,(H2,28,32)(H,29,33)(H,30,35). The van der Waals surface area contributed by atoms with Gasteiger partial charge in [0, 0.05) is 18.5 Å². The molecule has 3 unspecified atom stereocenters. The molecule has 36 heavy (non-hydrogen) atoms. The topological polar surface area (TPSA) is 131 Å². The summed E-state index contributed by atoms with van der Waals surface area (Å²) in [7, 11) is 0. The van der Waals surface area contributed by atoms with Gasteiger partial charge in [-0.15, -0.1) is 0 Å². The number of carbonyl (C=O) groups is 4. The lowest BCUT2D eigenvalue weighted by Gasteiger charge is -2.31. The first-order valence-electron chi connectivity index (χ1n) is 12.1. The van der Waals surface area contributed by atoms with Crippen LogP contribution in [0.2, 0.25) is 0 Å². The third-order valence-corrected chi connectivity index (χ3v) is 5.22. The van der Waals surface area contributed by atoms with Crippen molar-refractivity contribution in [3.05, 3.63) is 34.9 Å². The van der Waals surface area contributed by atoms with Crippen LogP contribution in [0.3, 0.4) is 0 Å². The fourth-order valence-corrected chi connectivity index (χ4v) is 3.84. The van der Waals surface area contributed by atoms with E-state index in [9.17, 15) is 19.2 Å². The van der Waals surface area contributed by atoms with E-state index in [2.05, 4.69) is 16.7 Å². The highest BCUT2D eigenvalue weighted by Gasteiger charge is 2.36. The molecule has 198 valence electrons. The number of ether oxygens (including phenoxy) is 1. The first kappa shape index (κ1) is 30.5. The summed E-state index contributed by atoms with van der Waals surface area (Å²) in [6.07, 6.45) is 6.24. The highest BCUT2D eigenvalue weighted by molar-refractivity contribution is 5.93. The normalized spacial score (nSPS) is 13.5. The highest BCUT2D eigenvalue weighted by atomic mass is 16.6. The lowest BCUT2D eigenvalue weighted by atomic mass is 9.98. The molecule has 0 aliphatic carbocycles. The molecule has 4 amide bonds. The Morgan fingerprint density at radius 1 is 1.08 bits per heavy atom. The van der Waals surface area contributed by atoms with Crippen LogP contribution in [0.1, 0.15) is 83.0 Å². The summed E-state index contributed by atoms with van der Waals surface area (Å²) in [5.41, 5.74) is 6.79. The van der Waals surface area contributed by atoms with Crippen LogP contribution in [0.15, 0.2) is 18.2 Å². The smallest absolute Gasteiger partial charge is 0.408 e. The van der Waals surface area contributed by atoms with Crippen LogP contribution in [0.25, 0.3) is 0 Å². The molecule has 0 aliphatic rings. The Labute approximate surface area is 214 Å². The van der Waals surface area contributed by atoms with Gasteiger partial charge in [-0.2, -0.15) is 0 Å². The van der Waals surface area contributed by atoms with Gasteiger partial charge in [-0.1, -0.05) is 49.1 Å². The number of hydrogen-bond acceptors (Lipinski definition) is 5. The molecule has 1 aromatic rings. The van der Waals surface area contributed by atoms with Crippen molar-refractivity contribution in [1.29, 1.82) is 0 Å². The number of aryl methyl sites for hydroxylation is 2. The molecule has 4 N–H and O–H groups in total. The largest absolute Gasteiger partial charge is 0.444 e. The number of alkyl carbamates (subject to hydrolysis) is 1. The number of hydrogen-bond donors (Lipinski definition) is 3. The molecule has 0 bridgehead atoms. The Hall–Kier alpha value is -3.54. The molecule has 0 spiro atoms. The summed E-state index contributed by atoms with van der Waals surface area (Å²) in [6, 6.07) is 5.32. The van der Waals surface area contributed by atoms with Crippen molar-refractivity contribution in [3.63, 3.8) is 0 Å². The summed E-state index contributed by atoms with van der Waals surface area (Å²) in [5.74, 6) is -1.83. The van der Waals surface area contributed by atoms with Gasteiger partial charge in [-0.3, -0.25) is 19.3 Å². The van der Waals surface area contributed by atoms with E-state index < -0.39 is 41.5 Å². The fraction of sp³-hybridized carbons (Fsp3) is 0.556. The van der Waals surface area contributed by atoms with E-state index in [1.807, 2.05) is 33.8 Å².